The van der Waals surface area contributed by atoms with Crippen LogP contribution in [-0.2, 0) is 22.9 Å². The number of fused-ring (bicyclic) bond motifs is 1. The fraction of sp³-hybridized carbons (Fsp3) is 0.188. The van der Waals surface area contributed by atoms with Gasteiger partial charge < -0.3 is 0 Å². The van der Waals surface area contributed by atoms with Crippen molar-refractivity contribution in [1.29, 1.82) is 0 Å². The maximum atomic E-state index is 12.2. The second-order valence-electron chi connectivity index (χ2n) is 5.21. The van der Waals surface area contributed by atoms with Gasteiger partial charge in [0.25, 0.3) is 10.0 Å². The van der Waals surface area contributed by atoms with Gasteiger partial charge in [-0.3, -0.25) is 0 Å². The maximum absolute atomic E-state index is 12.2. The molecule has 108 valence electrons. The van der Waals surface area contributed by atoms with E-state index in [1.165, 1.54) is 11.1 Å². The lowest BCUT2D eigenvalue weighted by atomic mass is 10.1. The molecule has 0 saturated heterocycles. The van der Waals surface area contributed by atoms with Crippen LogP contribution in [0.1, 0.15) is 16.7 Å². The molecule has 0 fully saturated rings. The van der Waals surface area contributed by atoms with Gasteiger partial charge in [0.2, 0.25) is 0 Å². The predicted octanol–water partition coefficient (Wildman–Crippen LogP) is 2.43. The normalized spacial score (nSPS) is 13.9. The summed E-state index contributed by atoms with van der Waals surface area (Å²) in [5, 5.41) is 4.09. The first-order valence-corrected chi connectivity index (χ1v) is 8.23. The minimum absolute atomic E-state index is 0.230. The van der Waals surface area contributed by atoms with Crippen molar-refractivity contribution in [2.45, 2.75) is 24.7 Å². The van der Waals surface area contributed by atoms with Crippen LogP contribution in [0.4, 0.5) is 0 Å². The molecule has 0 heterocycles. The van der Waals surface area contributed by atoms with E-state index in [9.17, 15) is 8.42 Å². The number of aryl methyl sites for hydroxylation is 1. The molecule has 0 unspecified atom stereocenters. The minimum Gasteiger partial charge on any atom is -0.200 e. The van der Waals surface area contributed by atoms with Crippen LogP contribution in [0.15, 0.2) is 58.5 Å². The molecule has 1 aliphatic carbocycles. The van der Waals surface area contributed by atoms with Crippen molar-refractivity contribution < 1.29 is 8.42 Å². The molecule has 0 bridgehead atoms. The number of nitrogens with one attached hydrogen (secondary N) is 1. The number of rotatable bonds is 3. The number of nitrogens with zero attached hydrogens (tertiary/aromatic N) is 1. The minimum atomic E-state index is -3.59. The molecule has 0 aliphatic heterocycles. The average Bonchev–Trinajstić information content (AvgIpc) is 2.89. The van der Waals surface area contributed by atoms with Crippen molar-refractivity contribution >= 4 is 15.7 Å². The van der Waals surface area contributed by atoms with Gasteiger partial charge in [-0.1, -0.05) is 42.0 Å². The van der Waals surface area contributed by atoms with E-state index in [0.717, 1.165) is 11.3 Å². The molecule has 3 rings (SSSR count). The fourth-order valence-electron chi connectivity index (χ4n) is 2.38. The van der Waals surface area contributed by atoms with Gasteiger partial charge >= 0.3 is 0 Å². The van der Waals surface area contributed by atoms with Crippen LogP contribution in [0, 0.1) is 6.92 Å². The number of benzene rings is 2. The Bertz CT molecular complexity index is 766. The van der Waals surface area contributed by atoms with E-state index in [1.54, 1.807) is 24.3 Å². The maximum Gasteiger partial charge on any atom is 0.276 e. The topological polar surface area (TPSA) is 58.5 Å². The molecular formula is C16H16N2O2S. The molecule has 0 aromatic heterocycles. The smallest absolute Gasteiger partial charge is 0.200 e. The fourth-order valence-corrected chi connectivity index (χ4v) is 3.23. The summed E-state index contributed by atoms with van der Waals surface area (Å²) in [7, 11) is -3.59. The Kier molecular flexibility index (Phi) is 3.51. The van der Waals surface area contributed by atoms with Gasteiger partial charge in [-0.05, 0) is 30.2 Å². The Labute approximate surface area is 124 Å². The van der Waals surface area contributed by atoms with Crippen molar-refractivity contribution in [3.63, 3.8) is 0 Å². The van der Waals surface area contributed by atoms with E-state index in [1.807, 2.05) is 31.2 Å². The van der Waals surface area contributed by atoms with Crippen molar-refractivity contribution in [3.8, 4) is 0 Å². The standard InChI is InChI=1S/C16H16N2O2S/c1-12-6-8-16(9-7-12)21(19,20)18-17-15-10-13-4-2-3-5-14(13)11-15/h2-9,18H,10-11H2,1H3. The molecular weight excluding hydrogens is 284 g/mol. The van der Waals surface area contributed by atoms with E-state index in [-0.39, 0.29) is 4.90 Å². The SMILES string of the molecule is Cc1ccc(S(=O)(=O)NN=C2Cc3ccccc3C2)cc1. The molecule has 0 amide bonds. The second-order valence-corrected chi connectivity index (χ2v) is 6.87. The van der Waals surface area contributed by atoms with E-state index in [2.05, 4.69) is 9.93 Å². The lowest BCUT2D eigenvalue weighted by molar-refractivity contribution is 0.584. The number of hydrogen-bond donors (Lipinski definition) is 1. The van der Waals surface area contributed by atoms with Crippen molar-refractivity contribution in [2.24, 2.45) is 5.10 Å². The van der Waals surface area contributed by atoms with E-state index in [4.69, 9.17) is 0 Å². The summed E-state index contributed by atoms with van der Waals surface area (Å²) in [6.07, 6.45) is 1.40. The molecule has 0 atom stereocenters. The zero-order chi connectivity index (χ0) is 14.9. The van der Waals surface area contributed by atoms with Crippen LogP contribution in [0.5, 0.6) is 0 Å². The zero-order valence-corrected chi connectivity index (χ0v) is 12.5. The first kappa shape index (κ1) is 13.8. The summed E-state index contributed by atoms with van der Waals surface area (Å²) in [5.41, 5.74) is 4.29. The summed E-state index contributed by atoms with van der Waals surface area (Å²) >= 11 is 0. The Hall–Kier alpha value is -2.14. The van der Waals surface area contributed by atoms with Crippen LogP contribution in [0.2, 0.25) is 0 Å². The van der Waals surface area contributed by atoms with Gasteiger partial charge in [0.15, 0.2) is 0 Å². The third-order valence-corrected chi connectivity index (χ3v) is 4.79. The highest BCUT2D eigenvalue weighted by molar-refractivity contribution is 7.89. The molecule has 0 spiro atoms. The molecule has 0 saturated carbocycles. The molecule has 1 N–H and O–H groups in total. The summed E-state index contributed by atoms with van der Waals surface area (Å²) in [4.78, 5) is 2.56. The van der Waals surface area contributed by atoms with Gasteiger partial charge in [-0.25, -0.2) is 4.83 Å². The Morgan fingerprint density at radius 1 is 0.952 bits per heavy atom. The predicted molar refractivity (Wildman–Crippen MR) is 82.8 cm³/mol. The first-order valence-electron chi connectivity index (χ1n) is 6.75. The Morgan fingerprint density at radius 3 is 2.10 bits per heavy atom. The summed E-state index contributed by atoms with van der Waals surface area (Å²) in [5.74, 6) is 0. The summed E-state index contributed by atoms with van der Waals surface area (Å²) in [6.45, 7) is 1.92. The Morgan fingerprint density at radius 2 is 1.52 bits per heavy atom. The first-order chi connectivity index (χ1) is 10.0. The molecule has 2 aromatic rings. The van der Waals surface area contributed by atoms with Crippen LogP contribution < -0.4 is 4.83 Å². The molecule has 0 radical (unpaired) electrons. The van der Waals surface area contributed by atoms with Crippen LogP contribution in [0.25, 0.3) is 0 Å². The number of sulfonamides is 1. The summed E-state index contributed by atoms with van der Waals surface area (Å²) in [6, 6.07) is 14.8. The molecule has 2 aromatic carbocycles. The van der Waals surface area contributed by atoms with Crippen molar-refractivity contribution in [1.82, 2.24) is 4.83 Å². The van der Waals surface area contributed by atoms with Gasteiger partial charge in [0.05, 0.1) is 4.90 Å². The average molecular weight is 300 g/mol. The van der Waals surface area contributed by atoms with Gasteiger partial charge in [0, 0.05) is 18.6 Å². The molecule has 21 heavy (non-hydrogen) atoms. The highest BCUT2D eigenvalue weighted by Gasteiger charge is 2.18. The second kappa shape index (κ2) is 5.33. The number of hydrogen-bond acceptors (Lipinski definition) is 3. The molecule has 4 nitrogen and oxygen atoms in total. The van der Waals surface area contributed by atoms with Crippen LogP contribution in [0.3, 0.4) is 0 Å². The van der Waals surface area contributed by atoms with E-state index in [0.29, 0.717) is 12.8 Å². The van der Waals surface area contributed by atoms with E-state index >= 15 is 0 Å². The molecule has 1 aliphatic rings. The van der Waals surface area contributed by atoms with Gasteiger partial charge in [-0.2, -0.15) is 13.5 Å². The van der Waals surface area contributed by atoms with Gasteiger partial charge in [0.1, 0.15) is 0 Å². The third-order valence-electron chi connectivity index (χ3n) is 3.56. The van der Waals surface area contributed by atoms with Crippen LogP contribution >= 0.6 is 0 Å². The third kappa shape index (κ3) is 2.97. The summed E-state index contributed by atoms with van der Waals surface area (Å²) < 4.78 is 24.3. The lowest BCUT2D eigenvalue weighted by Gasteiger charge is -2.04. The Balaban J connectivity index is 1.76. The van der Waals surface area contributed by atoms with Crippen LogP contribution in [-0.4, -0.2) is 14.1 Å². The quantitative estimate of drug-likeness (QED) is 0.885. The highest BCUT2D eigenvalue weighted by atomic mass is 32.2. The highest BCUT2D eigenvalue weighted by Crippen LogP contribution is 2.19. The lowest BCUT2D eigenvalue weighted by Crippen LogP contribution is -2.20. The van der Waals surface area contributed by atoms with Crippen molar-refractivity contribution in [3.05, 3.63) is 65.2 Å². The van der Waals surface area contributed by atoms with Gasteiger partial charge in [-0.15, -0.1) is 0 Å². The zero-order valence-electron chi connectivity index (χ0n) is 11.7. The van der Waals surface area contributed by atoms with E-state index < -0.39 is 10.0 Å². The monoisotopic (exact) mass is 300 g/mol. The largest absolute Gasteiger partial charge is 0.276 e. The number of hydrazone groups is 1. The molecule has 5 heteroatoms. The van der Waals surface area contributed by atoms with Crippen molar-refractivity contribution in [2.75, 3.05) is 0 Å².